The fourth-order valence-electron chi connectivity index (χ4n) is 6.15. The molecule has 0 atom stereocenters. The van der Waals surface area contributed by atoms with E-state index in [2.05, 4.69) is 80.7 Å². The molecule has 0 aliphatic heterocycles. The minimum Gasteiger partial charge on any atom is -0.352 e. The van der Waals surface area contributed by atoms with Gasteiger partial charge in [0, 0.05) is 22.3 Å². The Kier molecular flexibility index (Phi) is 8.09. The van der Waals surface area contributed by atoms with E-state index in [1.54, 1.807) is 0 Å². The third-order valence-electron chi connectivity index (χ3n) is 8.25. The van der Waals surface area contributed by atoms with Gasteiger partial charge >= 0.3 is 0 Å². The molecule has 0 unspecified atom stereocenters. The maximum Gasteiger partial charge on any atom is 0.251 e. The number of carbonyl (C=O) groups excluding carboxylic acids is 1. The summed E-state index contributed by atoms with van der Waals surface area (Å²) < 4.78 is 0. The number of thioether (sulfide) groups is 1. The van der Waals surface area contributed by atoms with Crippen molar-refractivity contribution in [3.63, 3.8) is 0 Å². The summed E-state index contributed by atoms with van der Waals surface area (Å²) in [7, 11) is 0. The topological polar surface area (TPSA) is 29.1 Å². The van der Waals surface area contributed by atoms with Crippen molar-refractivity contribution in [1.82, 2.24) is 5.32 Å². The predicted octanol–water partition coefficient (Wildman–Crippen LogP) is 8.71. The Labute approximate surface area is 227 Å². The van der Waals surface area contributed by atoms with E-state index in [0.717, 1.165) is 37.3 Å². The van der Waals surface area contributed by atoms with E-state index in [0.29, 0.717) is 5.25 Å². The summed E-state index contributed by atoms with van der Waals surface area (Å²) in [6.07, 6.45) is 9.70. The highest BCUT2D eigenvalue weighted by Gasteiger charge is 2.24. The van der Waals surface area contributed by atoms with Gasteiger partial charge in [0.15, 0.2) is 0 Å². The second-order valence-electron chi connectivity index (χ2n) is 11.9. The van der Waals surface area contributed by atoms with Crippen molar-refractivity contribution in [3.8, 4) is 11.1 Å². The zero-order chi connectivity index (χ0) is 25.8. The molecule has 2 aliphatic rings. The fraction of sp³-hybridized carbons (Fsp3) is 0.441. The van der Waals surface area contributed by atoms with Crippen LogP contribution in [0.25, 0.3) is 11.1 Å². The van der Waals surface area contributed by atoms with Gasteiger partial charge in [-0.05, 0) is 108 Å². The van der Waals surface area contributed by atoms with Crippen molar-refractivity contribution in [2.24, 2.45) is 11.3 Å². The van der Waals surface area contributed by atoms with Crippen molar-refractivity contribution < 1.29 is 4.79 Å². The minimum atomic E-state index is 0.0382. The number of hydrogen-bond acceptors (Lipinski definition) is 2. The van der Waals surface area contributed by atoms with Gasteiger partial charge in [0.25, 0.3) is 5.91 Å². The molecule has 2 aliphatic carbocycles. The normalized spacial score (nSPS) is 18.8. The number of carbonyl (C=O) groups is 1. The highest BCUT2D eigenvalue weighted by molar-refractivity contribution is 8.00. The minimum absolute atomic E-state index is 0.0382. The molecule has 1 N–H and O–H groups in total. The molecule has 0 spiro atoms. The molecule has 3 aromatic rings. The summed E-state index contributed by atoms with van der Waals surface area (Å²) in [5, 5.41) is 3.80. The van der Waals surface area contributed by atoms with Crippen LogP contribution < -0.4 is 5.32 Å². The lowest BCUT2D eigenvalue weighted by atomic mass is 9.84. The highest BCUT2D eigenvalue weighted by atomic mass is 32.2. The van der Waals surface area contributed by atoms with Crippen molar-refractivity contribution in [1.29, 1.82) is 0 Å². The Hall–Kier alpha value is -2.52. The van der Waals surface area contributed by atoms with E-state index < -0.39 is 0 Å². The molecular weight excluding hydrogens is 470 g/mol. The van der Waals surface area contributed by atoms with Crippen LogP contribution in [0, 0.1) is 11.3 Å². The van der Waals surface area contributed by atoms with Crippen LogP contribution in [-0.2, 0) is 12.8 Å². The number of fused-ring (bicyclic) bond motifs is 3. The zero-order valence-corrected chi connectivity index (χ0v) is 23.5. The smallest absolute Gasteiger partial charge is 0.251 e. The van der Waals surface area contributed by atoms with E-state index in [1.165, 1.54) is 64.8 Å². The first-order valence-corrected chi connectivity index (χ1v) is 15.0. The number of benzene rings is 3. The van der Waals surface area contributed by atoms with Crippen LogP contribution in [0.4, 0.5) is 0 Å². The van der Waals surface area contributed by atoms with Gasteiger partial charge in [0.1, 0.15) is 0 Å². The summed E-state index contributed by atoms with van der Waals surface area (Å²) >= 11 is 1.99. The van der Waals surface area contributed by atoms with Crippen molar-refractivity contribution in [3.05, 3.63) is 89.0 Å². The lowest BCUT2D eigenvalue weighted by Gasteiger charge is -2.28. The summed E-state index contributed by atoms with van der Waals surface area (Å²) in [6.45, 7) is 7.35. The maximum atomic E-state index is 12.6. The van der Waals surface area contributed by atoms with E-state index in [-0.39, 0.29) is 11.3 Å². The highest BCUT2D eigenvalue weighted by Crippen LogP contribution is 2.40. The lowest BCUT2D eigenvalue weighted by molar-refractivity contribution is 0.0934. The first kappa shape index (κ1) is 26.1. The van der Waals surface area contributed by atoms with Crippen LogP contribution in [0.5, 0.6) is 0 Å². The van der Waals surface area contributed by atoms with Gasteiger partial charge in [0.2, 0.25) is 0 Å². The summed E-state index contributed by atoms with van der Waals surface area (Å²) in [6, 6.07) is 24.3. The zero-order valence-electron chi connectivity index (χ0n) is 22.7. The van der Waals surface area contributed by atoms with Gasteiger partial charge in [0.05, 0.1) is 0 Å². The molecule has 194 valence electrons. The van der Waals surface area contributed by atoms with Crippen molar-refractivity contribution >= 4 is 17.7 Å². The SMILES string of the molecule is CCCC(C)(C)CNC(=O)c1ccc(SC2CCC(Cc3ccc4c(c3)-c3ccccc3C4)CC2)cc1. The van der Waals surface area contributed by atoms with Crippen LogP contribution in [0.1, 0.15) is 86.3 Å². The molecule has 0 saturated heterocycles. The molecule has 1 fully saturated rings. The third-order valence-corrected chi connectivity index (χ3v) is 9.60. The average Bonchev–Trinajstić information content (AvgIpc) is 3.27. The Morgan fingerprint density at radius 1 is 0.919 bits per heavy atom. The molecule has 1 saturated carbocycles. The van der Waals surface area contributed by atoms with Gasteiger partial charge in [-0.25, -0.2) is 0 Å². The molecule has 5 rings (SSSR count). The van der Waals surface area contributed by atoms with Gasteiger partial charge in [-0.15, -0.1) is 11.8 Å². The van der Waals surface area contributed by atoms with E-state index in [4.69, 9.17) is 0 Å². The second-order valence-corrected chi connectivity index (χ2v) is 13.3. The summed E-state index contributed by atoms with van der Waals surface area (Å²) in [5.41, 5.74) is 8.24. The molecule has 3 heteroatoms. The van der Waals surface area contributed by atoms with Gasteiger partial charge in [-0.1, -0.05) is 69.7 Å². The summed E-state index contributed by atoms with van der Waals surface area (Å²) in [4.78, 5) is 13.9. The largest absolute Gasteiger partial charge is 0.352 e. The molecule has 0 bridgehead atoms. The van der Waals surface area contributed by atoms with Gasteiger partial charge in [-0.3, -0.25) is 4.79 Å². The Balaban J connectivity index is 1.09. The molecule has 0 aromatic heterocycles. The average molecular weight is 512 g/mol. The van der Waals surface area contributed by atoms with Crippen LogP contribution in [0.2, 0.25) is 0 Å². The summed E-state index contributed by atoms with van der Waals surface area (Å²) in [5.74, 6) is 0.825. The predicted molar refractivity (Wildman–Crippen MR) is 157 cm³/mol. The molecule has 1 amide bonds. The van der Waals surface area contributed by atoms with E-state index in [9.17, 15) is 4.79 Å². The second kappa shape index (κ2) is 11.5. The number of amides is 1. The van der Waals surface area contributed by atoms with Crippen molar-refractivity contribution in [2.45, 2.75) is 82.3 Å². The number of rotatable bonds is 9. The molecule has 2 nitrogen and oxygen atoms in total. The first-order valence-electron chi connectivity index (χ1n) is 14.2. The third kappa shape index (κ3) is 6.49. The monoisotopic (exact) mass is 511 g/mol. The van der Waals surface area contributed by atoms with Crippen LogP contribution in [0.3, 0.4) is 0 Å². The Morgan fingerprint density at radius 2 is 1.65 bits per heavy atom. The quantitative estimate of drug-likeness (QED) is 0.243. The number of hydrogen-bond donors (Lipinski definition) is 1. The molecule has 0 heterocycles. The van der Waals surface area contributed by atoms with Gasteiger partial charge < -0.3 is 5.32 Å². The number of nitrogens with one attached hydrogen (secondary N) is 1. The Bertz CT molecular complexity index is 1220. The maximum absolute atomic E-state index is 12.6. The molecule has 3 aromatic carbocycles. The van der Waals surface area contributed by atoms with Gasteiger partial charge in [-0.2, -0.15) is 0 Å². The molecule has 0 radical (unpaired) electrons. The standard InChI is InChI=1S/C34H41NOS/c1-4-19-34(2,3)23-35-33(36)26-13-17-30(18-14-26)37-29-15-10-24(11-16-29)20-25-9-12-28-22-27-7-5-6-8-31(27)32(28)21-25/h5-9,12-14,17-18,21,24,29H,4,10-11,15-16,19-20,22-23H2,1-3H3,(H,35,36). The van der Waals surface area contributed by atoms with Crippen LogP contribution in [-0.4, -0.2) is 17.7 Å². The fourth-order valence-corrected chi connectivity index (χ4v) is 7.34. The Morgan fingerprint density at radius 3 is 2.41 bits per heavy atom. The van der Waals surface area contributed by atoms with E-state index >= 15 is 0 Å². The lowest BCUT2D eigenvalue weighted by Crippen LogP contribution is -2.33. The molecule has 37 heavy (non-hydrogen) atoms. The van der Waals surface area contributed by atoms with Crippen molar-refractivity contribution in [2.75, 3.05) is 6.54 Å². The first-order chi connectivity index (χ1) is 17.9. The molecular formula is C34H41NOS. The van der Waals surface area contributed by atoms with Crippen LogP contribution >= 0.6 is 11.8 Å². The van der Waals surface area contributed by atoms with E-state index in [1.807, 2.05) is 23.9 Å². The van der Waals surface area contributed by atoms with Crippen LogP contribution in [0.15, 0.2) is 71.6 Å².